The van der Waals surface area contributed by atoms with Crippen LogP contribution >= 0.6 is 0 Å². The van der Waals surface area contributed by atoms with Gasteiger partial charge in [0.25, 0.3) is 0 Å². The van der Waals surface area contributed by atoms with E-state index in [9.17, 15) is 4.79 Å². The molecular weight excluding hydrogens is 246 g/mol. The van der Waals surface area contributed by atoms with Gasteiger partial charge in [-0.05, 0) is 25.7 Å². The van der Waals surface area contributed by atoms with E-state index in [-0.39, 0.29) is 11.1 Å². The Labute approximate surface area is 111 Å². The zero-order chi connectivity index (χ0) is 13.3. The minimum Gasteiger partial charge on any atom is -0.476 e. The number of carboxylic acids is 1. The van der Waals surface area contributed by atoms with Crippen molar-refractivity contribution in [1.29, 1.82) is 0 Å². The van der Waals surface area contributed by atoms with E-state index < -0.39 is 5.97 Å². The Kier molecular flexibility index (Phi) is 3.10. The van der Waals surface area contributed by atoms with Crippen LogP contribution in [0.15, 0.2) is 12.4 Å². The third-order valence-electron chi connectivity index (χ3n) is 4.13. The fourth-order valence-corrected chi connectivity index (χ4v) is 2.84. The molecule has 3 heterocycles. The average Bonchev–Trinajstić information content (AvgIpc) is 2.48. The maximum absolute atomic E-state index is 10.7. The Balaban J connectivity index is 1.61. The van der Waals surface area contributed by atoms with Crippen molar-refractivity contribution in [2.45, 2.75) is 31.8 Å². The van der Waals surface area contributed by atoms with Crippen molar-refractivity contribution >= 4 is 11.8 Å². The van der Waals surface area contributed by atoms with Gasteiger partial charge in [0.1, 0.15) is 5.82 Å². The van der Waals surface area contributed by atoms with E-state index in [1.54, 1.807) is 0 Å². The Morgan fingerprint density at radius 2 is 2.21 bits per heavy atom. The largest absolute Gasteiger partial charge is 0.476 e. The number of rotatable bonds is 4. The number of carbonyl (C=O) groups is 1. The molecule has 0 atom stereocenters. The van der Waals surface area contributed by atoms with Crippen LogP contribution in [0.3, 0.4) is 0 Å². The molecule has 3 aliphatic rings. The summed E-state index contributed by atoms with van der Waals surface area (Å²) in [5.74, 6) is -0.441. The SMILES string of the molecule is O=C(O)c1cnc(NCC23CCC(CC2)OC3)cn1. The van der Waals surface area contributed by atoms with Crippen LogP contribution in [0.2, 0.25) is 0 Å². The highest BCUT2D eigenvalue weighted by Gasteiger charge is 2.41. The lowest BCUT2D eigenvalue weighted by Gasteiger charge is -2.46. The summed E-state index contributed by atoms with van der Waals surface area (Å²) < 4.78 is 5.77. The van der Waals surface area contributed by atoms with Crippen LogP contribution in [-0.4, -0.2) is 40.3 Å². The molecule has 2 saturated heterocycles. The van der Waals surface area contributed by atoms with Crippen molar-refractivity contribution in [3.63, 3.8) is 0 Å². The van der Waals surface area contributed by atoms with Crippen molar-refractivity contribution in [3.8, 4) is 0 Å². The van der Waals surface area contributed by atoms with Gasteiger partial charge in [-0.15, -0.1) is 0 Å². The first-order valence-electron chi connectivity index (χ1n) is 6.58. The van der Waals surface area contributed by atoms with Crippen LogP contribution in [0.1, 0.15) is 36.2 Å². The molecule has 0 amide bonds. The fourth-order valence-electron chi connectivity index (χ4n) is 2.84. The minimum absolute atomic E-state index is 0.0368. The molecule has 0 aromatic carbocycles. The molecule has 1 saturated carbocycles. The summed E-state index contributed by atoms with van der Waals surface area (Å²) in [6, 6.07) is 0. The highest BCUT2D eigenvalue weighted by Crippen LogP contribution is 2.42. The Bertz CT molecular complexity index is 453. The number of aromatic nitrogens is 2. The van der Waals surface area contributed by atoms with E-state index in [1.807, 2.05) is 0 Å². The Hall–Kier alpha value is -1.69. The maximum Gasteiger partial charge on any atom is 0.356 e. The quantitative estimate of drug-likeness (QED) is 0.857. The predicted molar refractivity (Wildman–Crippen MR) is 68.1 cm³/mol. The van der Waals surface area contributed by atoms with E-state index >= 15 is 0 Å². The van der Waals surface area contributed by atoms with Crippen molar-refractivity contribution in [2.24, 2.45) is 5.41 Å². The lowest BCUT2D eigenvalue weighted by molar-refractivity contribution is -0.108. The number of aromatic carboxylic acids is 1. The topological polar surface area (TPSA) is 84.3 Å². The number of carboxylic acid groups (broad SMARTS) is 1. The van der Waals surface area contributed by atoms with Gasteiger partial charge in [0.15, 0.2) is 5.69 Å². The maximum atomic E-state index is 10.7. The summed E-state index contributed by atoms with van der Waals surface area (Å²) >= 11 is 0. The van der Waals surface area contributed by atoms with E-state index in [0.717, 1.165) is 26.0 Å². The summed E-state index contributed by atoms with van der Waals surface area (Å²) in [6.45, 7) is 1.62. The first kappa shape index (κ1) is 12.3. The molecule has 2 bridgehead atoms. The summed E-state index contributed by atoms with van der Waals surface area (Å²) in [5, 5.41) is 12.0. The Morgan fingerprint density at radius 1 is 1.42 bits per heavy atom. The van der Waals surface area contributed by atoms with Gasteiger partial charge < -0.3 is 15.2 Å². The summed E-state index contributed by atoms with van der Waals surface area (Å²) in [6.07, 6.45) is 7.87. The first-order chi connectivity index (χ1) is 9.17. The number of hydrogen-bond donors (Lipinski definition) is 2. The molecule has 6 nitrogen and oxygen atoms in total. The average molecular weight is 263 g/mol. The van der Waals surface area contributed by atoms with E-state index in [0.29, 0.717) is 11.9 Å². The molecule has 4 rings (SSSR count). The number of hydrogen-bond acceptors (Lipinski definition) is 5. The van der Waals surface area contributed by atoms with Crippen LogP contribution in [0, 0.1) is 5.41 Å². The van der Waals surface area contributed by atoms with E-state index in [4.69, 9.17) is 9.84 Å². The molecule has 0 unspecified atom stereocenters. The van der Waals surface area contributed by atoms with Gasteiger partial charge in [-0.25, -0.2) is 14.8 Å². The smallest absolute Gasteiger partial charge is 0.356 e. The molecule has 0 spiro atoms. The molecule has 102 valence electrons. The molecule has 1 aromatic rings. The second kappa shape index (κ2) is 4.77. The highest BCUT2D eigenvalue weighted by atomic mass is 16.5. The van der Waals surface area contributed by atoms with Crippen molar-refractivity contribution in [2.75, 3.05) is 18.5 Å². The Morgan fingerprint density at radius 3 is 2.74 bits per heavy atom. The zero-order valence-electron chi connectivity index (χ0n) is 10.6. The third kappa shape index (κ3) is 2.53. The summed E-state index contributed by atoms with van der Waals surface area (Å²) in [7, 11) is 0. The van der Waals surface area contributed by atoms with Crippen LogP contribution in [-0.2, 0) is 4.74 Å². The second-order valence-electron chi connectivity index (χ2n) is 5.46. The van der Waals surface area contributed by atoms with Gasteiger partial charge in [0.05, 0.1) is 25.1 Å². The van der Waals surface area contributed by atoms with E-state index in [2.05, 4.69) is 15.3 Å². The minimum atomic E-state index is -1.06. The molecule has 1 aliphatic carbocycles. The van der Waals surface area contributed by atoms with Crippen LogP contribution < -0.4 is 5.32 Å². The standard InChI is InChI=1S/C13H17N3O3/c17-12(18)10-5-15-11(6-14-10)16-7-13-3-1-9(2-4-13)19-8-13/h5-6,9H,1-4,7-8H2,(H,15,16)(H,17,18). The molecule has 3 fully saturated rings. The summed E-state index contributed by atoms with van der Waals surface area (Å²) in [5.41, 5.74) is 0.173. The number of fused-ring (bicyclic) bond motifs is 3. The van der Waals surface area contributed by atoms with Gasteiger partial charge in [0.2, 0.25) is 0 Å². The van der Waals surface area contributed by atoms with Gasteiger partial charge in [-0.1, -0.05) is 0 Å². The van der Waals surface area contributed by atoms with Crippen molar-refractivity contribution in [3.05, 3.63) is 18.1 Å². The lowest BCUT2D eigenvalue weighted by Crippen LogP contribution is -2.46. The monoisotopic (exact) mass is 263 g/mol. The molecule has 6 heteroatoms. The normalized spacial score (nSPS) is 29.2. The molecular formula is C13H17N3O3. The van der Waals surface area contributed by atoms with Gasteiger partial charge in [-0.2, -0.15) is 0 Å². The second-order valence-corrected chi connectivity index (χ2v) is 5.46. The fraction of sp³-hybridized carbons (Fsp3) is 0.615. The number of nitrogens with one attached hydrogen (secondary N) is 1. The summed E-state index contributed by atoms with van der Waals surface area (Å²) in [4.78, 5) is 18.6. The highest BCUT2D eigenvalue weighted by molar-refractivity contribution is 5.84. The van der Waals surface area contributed by atoms with Crippen LogP contribution in [0.5, 0.6) is 0 Å². The number of ether oxygens (including phenoxy) is 1. The molecule has 19 heavy (non-hydrogen) atoms. The van der Waals surface area contributed by atoms with Crippen molar-refractivity contribution in [1.82, 2.24) is 9.97 Å². The third-order valence-corrected chi connectivity index (χ3v) is 4.13. The van der Waals surface area contributed by atoms with Crippen LogP contribution in [0.4, 0.5) is 5.82 Å². The number of anilines is 1. The molecule has 2 aliphatic heterocycles. The molecule has 2 N–H and O–H groups in total. The van der Waals surface area contributed by atoms with Crippen molar-refractivity contribution < 1.29 is 14.6 Å². The number of nitrogens with zero attached hydrogens (tertiary/aromatic N) is 2. The van der Waals surface area contributed by atoms with E-state index in [1.165, 1.54) is 25.2 Å². The van der Waals surface area contributed by atoms with Crippen LogP contribution in [0.25, 0.3) is 0 Å². The van der Waals surface area contributed by atoms with Gasteiger partial charge in [0, 0.05) is 12.0 Å². The van der Waals surface area contributed by atoms with Gasteiger partial charge in [-0.3, -0.25) is 0 Å². The van der Waals surface area contributed by atoms with Gasteiger partial charge >= 0.3 is 5.97 Å². The lowest BCUT2D eigenvalue weighted by atomic mass is 9.71. The zero-order valence-corrected chi connectivity index (χ0v) is 10.6. The molecule has 0 radical (unpaired) electrons. The first-order valence-corrected chi connectivity index (χ1v) is 6.58. The predicted octanol–water partition coefficient (Wildman–Crippen LogP) is 1.55. The molecule has 1 aromatic heterocycles.